The molecule has 6 rings (SSSR count). The lowest BCUT2D eigenvalue weighted by Crippen LogP contribution is -2.39. The van der Waals surface area contributed by atoms with E-state index < -0.39 is 5.41 Å². The fourth-order valence-corrected chi connectivity index (χ4v) is 6.97. The smallest absolute Gasteiger partial charge is 0.311 e. The Morgan fingerprint density at radius 3 is 1.83 bits per heavy atom. The molecule has 4 bridgehead atoms. The van der Waals surface area contributed by atoms with Crippen molar-refractivity contribution >= 4 is 23.9 Å². The van der Waals surface area contributed by atoms with Gasteiger partial charge < -0.3 is 18.9 Å². The Morgan fingerprint density at radius 2 is 1.37 bits per heavy atom. The molecule has 0 N–H and O–H groups in total. The molecule has 6 fully saturated rings. The number of carbonyl (C=O) groups is 4. The number of ether oxygens (including phenoxy) is 4. The average Bonchev–Trinajstić information content (AvgIpc) is 3.63. The van der Waals surface area contributed by atoms with E-state index in [0.717, 1.165) is 38.5 Å². The van der Waals surface area contributed by atoms with Crippen LogP contribution in [0.3, 0.4) is 0 Å². The molecule has 11 unspecified atom stereocenters. The Morgan fingerprint density at radius 1 is 0.886 bits per heavy atom. The minimum atomic E-state index is -0.455. The largest absolute Gasteiger partial charge is 0.458 e. The maximum absolute atomic E-state index is 12.1. The molecule has 2 heterocycles. The summed E-state index contributed by atoms with van der Waals surface area (Å²) in [4.78, 5) is 47.1. The first kappa shape index (κ1) is 24.6. The number of fused-ring (bicyclic) bond motifs is 2. The van der Waals surface area contributed by atoms with E-state index in [4.69, 9.17) is 18.9 Å². The van der Waals surface area contributed by atoms with Gasteiger partial charge in [0, 0.05) is 23.7 Å². The quantitative estimate of drug-likeness (QED) is 0.412. The number of esters is 4. The lowest BCUT2D eigenvalue weighted by molar-refractivity contribution is -0.170. The summed E-state index contributed by atoms with van der Waals surface area (Å²) in [5, 5.41) is 0. The van der Waals surface area contributed by atoms with E-state index in [1.807, 2.05) is 34.6 Å². The molecule has 0 aromatic carbocycles. The molecular weight excluding hydrogens is 452 g/mol. The van der Waals surface area contributed by atoms with Gasteiger partial charge in [0.2, 0.25) is 0 Å². The third-order valence-corrected chi connectivity index (χ3v) is 9.77. The first-order chi connectivity index (χ1) is 16.6. The highest BCUT2D eigenvalue weighted by Crippen LogP contribution is 2.56. The molecule has 0 aromatic heterocycles. The van der Waals surface area contributed by atoms with Gasteiger partial charge >= 0.3 is 23.9 Å². The highest BCUT2D eigenvalue weighted by molar-refractivity contribution is 5.79. The van der Waals surface area contributed by atoms with E-state index in [1.165, 1.54) is 0 Å². The van der Waals surface area contributed by atoms with E-state index in [0.29, 0.717) is 23.7 Å². The van der Waals surface area contributed by atoms with Gasteiger partial charge in [-0.15, -0.1) is 0 Å². The molecule has 0 aromatic rings. The van der Waals surface area contributed by atoms with Gasteiger partial charge in [0.1, 0.15) is 24.4 Å². The Kier molecular flexibility index (Phi) is 6.16. The normalized spacial score (nSPS) is 42.3. The Labute approximate surface area is 206 Å². The minimum Gasteiger partial charge on any atom is -0.458 e. The summed E-state index contributed by atoms with van der Waals surface area (Å²) in [6, 6.07) is 0. The van der Waals surface area contributed by atoms with E-state index in [9.17, 15) is 19.2 Å². The summed E-state index contributed by atoms with van der Waals surface area (Å²) in [5.74, 6) is 0.895. The number of hydrogen-bond donors (Lipinski definition) is 0. The van der Waals surface area contributed by atoms with Crippen LogP contribution in [0.5, 0.6) is 0 Å². The molecule has 194 valence electrons. The van der Waals surface area contributed by atoms with E-state index in [2.05, 4.69) is 0 Å². The van der Waals surface area contributed by atoms with Gasteiger partial charge in [-0.2, -0.15) is 0 Å². The monoisotopic (exact) mass is 490 g/mol. The van der Waals surface area contributed by atoms with Crippen LogP contribution >= 0.6 is 0 Å². The summed E-state index contributed by atoms with van der Waals surface area (Å²) < 4.78 is 22.0. The van der Waals surface area contributed by atoms with E-state index in [-0.39, 0.29) is 66.0 Å². The topological polar surface area (TPSA) is 105 Å². The molecule has 11 atom stereocenters. The Hall–Kier alpha value is -2.12. The molecule has 6 aliphatic rings. The fourth-order valence-electron chi connectivity index (χ4n) is 6.97. The van der Waals surface area contributed by atoms with Crippen molar-refractivity contribution in [2.75, 3.05) is 0 Å². The van der Waals surface area contributed by atoms with Gasteiger partial charge in [0.25, 0.3) is 0 Å². The predicted octanol–water partition coefficient (Wildman–Crippen LogP) is 3.44. The second-order valence-corrected chi connectivity index (χ2v) is 12.1. The molecule has 8 nitrogen and oxygen atoms in total. The zero-order chi connectivity index (χ0) is 25.2. The van der Waals surface area contributed by atoms with Crippen LogP contribution in [-0.4, -0.2) is 48.3 Å². The molecule has 4 aliphatic carbocycles. The third kappa shape index (κ3) is 3.95. The maximum atomic E-state index is 12.1. The van der Waals surface area contributed by atoms with Crippen molar-refractivity contribution in [1.29, 1.82) is 0 Å². The van der Waals surface area contributed by atoms with Crippen molar-refractivity contribution in [3.8, 4) is 0 Å². The summed E-state index contributed by atoms with van der Waals surface area (Å²) in [6.45, 7) is 9.61. The van der Waals surface area contributed by atoms with Crippen LogP contribution in [0.1, 0.15) is 73.1 Å². The van der Waals surface area contributed by atoms with Crippen LogP contribution in [0.2, 0.25) is 0 Å². The van der Waals surface area contributed by atoms with Crippen LogP contribution in [0.25, 0.3) is 0 Å². The zero-order valence-electron chi connectivity index (χ0n) is 21.4. The highest BCUT2D eigenvalue weighted by atomic mass is 16.6. The van der Waals surface area contributed by atoms with Gasteiger partial charge in [-0.25, -0.2) is 0 Å². The Balaban J connectivity index is 0.000000145. The first-order valence-corrected chi connectivity index (χ1v) is 13.4. The molecule has 0 radical (unpaired) electrons. The lowest BCUT2D eigenvalue weighted by Gasteiger charge is -2.29. The van der Waals surface area contributed by atoms with Gasteiger partial charge in [-0.1, -0.05) is 20.8 Å². The second-order valence-electron chi connectivity index (χ2n) is 12.1. The standard InChI is InChI=1S/C14H20O4.C13H18O4/c1-4-14(2,3)13(16)18-10-7-5-8-9(6-7)12(15)17-11(8)10;1-3-6(2)12(14)16-10-7-4-8-9(5-7)13(15)17-11(8)10/h7-11H,4-6H2,1-3H3;6-11H,3-5H2,1-2H3. The maximum Gasteiger partial charge on any atom is 0.311 e. The van der Waals surface area contributed by atoms with Gasteiger partial charge in [0.05, 0.1) is 23.2 Å². The molecule has 0 spiro atoms. The molecule has 2 aliphatic heterocycles. The van der Waals surface area contributed by atoms with Crippen LogP contribution in [0.15, 0.2) is 0 Å². The van der Waals surface area contributed by atoms with Crippen LogP contribution in [0, 0.1) is 46.8 Å². The van der Waals surface area contributed by atoms with Crippen molar-refractivity contribution < 1.29 is 38.1 Å². The van der Waals surface area contributed by atoms with Gasteiger partial charge in [-0.3, -0.25) is 19.2 Å². The SMILES string of the molecule is CCC(C)(C)C(=O)OC1C2CC3C(=O)OC1C3C2.CCC(C)C(=O)OC1C2CC3C(=O)OC1C3C2. The van der Waals surface area contributed by atoms with Crippen LogP contribution in [0.4, 0.5) is 0 Å². The summed E-state index contributed by atoms with van der Waals surface area (Å²) in [6.07, 6.45) is 4.48. The summed E-state index contributed by atoms with van der Waals surface area (Å²) in [7, 11) is 0. The number of hydrogen-bond acceptors (Lipinski definition) is 8. The molecule has 0 amide bonds. The average molecular weight is 491 g/mol. The molecule has 8 heteroatoms. The van der Waals surface area contributed by atoms with E-state index in [1.54, 1.807) is 0 Å². The number of carbonyl (C=O) groups excluding carboxylic acids is 4. The Bertz CT molecular complexity index is 911. The van der Waals surface area contributed by atoms with Crippen molar-refractivity contribution in [3.63, 3.8) is 0 Å². The van der Waals surface area contributed by atoms with Crippen molar-refractivity contribution in [2.24, 2.45) is 46.8 Å². The van der Waals surface area contributed by atoms with Crippen LogP contribution < -0.4 is 0 Å². The van der Waals surface area contributed by atoms with Crippen LogP contribution in [-0.2, 0) is 38.1 Å². The summed E-state index contributed by atoms with van der Waals surface area (Å²) >= 11 is 0. The molecule has 4 saturated carbocycles. The first-order valence-electron chi connectivity index (χ1n) is 13.4. The minimum absolute atomic E-state index is 0.0676. The zero-order valence-corrected chi connectivity index (χ0v) is 21.4. The van der Waals surface area contributed by atoms with Gasteiger partial charge in [0.15, 0.2) is 0 Å². The highest BCUT2D eigenvalue weighted by Gasteiger charge is 2.64. The van der Waals surface area contributed by atoms with Crippen molar-refractivity contribution in [3.05, 3.63) is 0 Å². The summed E-state index contributed by atoms with van der Waals surface area (Å²) in [5.41, 5.74) is -0.455. The molecule has 2 saturated heterocycles. The molecular formula is C27H38O8. The van der Waals surface area contributed by atoms with Crippen molar-refractivity contribution in [1.82, 2.24) is 0 Å². The lowest BCUT2D eigenvalue weighted by atomic mass is 9.87. The third-order valence-electron chi connectivity index (χ3n) is 9.77. The van der Waals surface area contributed by atoms with E-state index >= 15 is 0 Å². The predicted molar refractivity (Wildman–Crippen MR) is 122 cm³/mol. The fraction of sp³-hybridized carbons (Fsp3) is 0.852. The number of rotatable bonds is 6. The van der Waals surface area contributed by atoms with Crippen molar-refractivity contribution in [2.45, 2.75) is 97.6 Å². The second kappa shape index (κ2) is 8.77. The molecule has 35 heavy (non-hydrogen) atoms. The van der Waals surface area contributed by atoms with Gasteiger partial charge in [-0.05, 0) is 52.4 Å².